The van der Waals surface area contributed by atoms with Gasteiger partial charge in [0.1, 0.15) is 11.2 Å². The monoisotopic (exact) mass is 378 g/mol. The summed E-state index contributed by atoms with van der Waals surface area (Å²) >= 11 is 0. The zero-order chi connectivity index (χ0) is 19.5. The number of carboxylic acid groups (broad SMARTS) is 1. The van der Waals surface area contributed by atoms with Crippen LogP contribution in [0, 0.1) is 5.41 Å². The lowest BCUT2D eigenvalue weighted by atomic mass is 9.70. The summed E-state index contributed by atoms with van der Waals surface area (Å²) in [4.78, 5) is 27.7. The molecule has 0 radical (unpaired) electrons. The Kier molecular flexibility index (Phi) is 3.62. The van der Waals surface area contributed by atoms with Crippen LogP contribution in [0.5, 0.6) is 0 Å². The number of carbonyl (C=O) groups excluding carboxylic acids is 1. The highest BCUT2D eigenvalue weighted by Crippen LogP contribution is 2.52. The van der Waals surface area contributed by atoms with Gasteiger partial charge in [0.2, 0.25) is 0 Å². The lowest BCUT2D eigenvalue weighted by Crippen LogP contribution is -2.46. The fourth-order valence-corrected chi connectivity index (χ4v) is 5.29. The lowest BCUT2D eigenvalue weighted by Gasteiger charge is -2.33. The van der Waals surface area contributed by atoms with Crippen molar-refractivity contribution in [2.45, 2.75) is 37.8 Å². The molecular formula is C21H22N4O3. The van der Waals surface area contributed by atoms with E-state index in [9.17, 15) is 14.7 Å². The first-order valence-corrected chi connectivity index (χ1v) is 9.60. The van der Waals surface area contributed by atoms with Gasteiger partial charge in [0.25, 0.3) is 5.91 Å². The number of carbonyl (C=O) groups is 2. The maximum absolute atomic E-state index is 13.5. The Morgan fingerprint density at radius 3 is 2.75 bits per heavy atom. The number of hydrogen-bond acceptors (Lipinski definition) is 3. The number of aryl methyl sites for hydroxylation is 1. The van der Waals surface area contributed by atoms with Gasteiger partial charge in [-0.2, -0.15) is 5.10 Å². The molecule has 0 aliphatic carbocycles. The molecule has 2 aliphatic rings. The normalized spacial score (nSPS) is 26.2. The van der Waals surface area contributed by atoms with E-state index in [2.05, 4.69) is 5.10 Å². The van der Waals surface area contributed by atoms with E-state index >= 15 is 0 Å². The van der Waals surface area contributed by atoms with E-state index in [0.717, 1.165) is 24.1 Å². The molecule has 0 saturated carbocycles. The van der Waals surface area contributed by atoms with Gasteiger partial charge in [-0.05, 0) is 31.2 Å². The number of aromatic nitrogens is 3. The Hall–Kier alpha value is -3.09. The smallest absolute Gasteiger partial charge is 0.312 e. The van der Waals surface area contributed by atoms with Crippen LogP contribution in [-0.4, -0.2) is 48.1 Å². The molecule has 144 valence electrons. The van der Waals surface area contributed by atoms with Crippen LogP contribution in [0.3, 0.4) is 0 Å². The number of fused-ring (bicyclic) bond motifs is 3. The van der Waals surface area contributed by atoms with Gasteiger partial charge in [-0.25, -0.2) is 4.52 Å². The Morgan fingerprint density at radius 1 is 1.21 bits per heavy atom. The van der Waals surface area contributed by atoms with E-state index in [1.807, 2.05) is 59.2 Å². The minimum absolute atomic E-state index is 0.0347. The molecule has 0 unspecified atom stereocenters. The molecule has 2 saturated heterocycles. The first kappa shape index (κ1) is 17.0. The first-order chi connectivity index (χ1) is 13.5. The highest BCUT2D eigenvalue weighted by molar-refractivity contribution is 6.01. The molecule has 3 atom stereocenters. The van der Waals surface area contributed by atoms with E-state index in [1.54, 1.807) is 10.7 Å². The van der Waals surface area contributed by atoms with Crippen LogP contribution >= 0.6 is 0 Å². The topological polar surface area (TPSA) is 79.8 Å². The second-order valence-electron chi connectivity index (χ2n) is 8.02. The minimum Gasteiger partial charge on any atom is -0.481 e. The summed E-state index contributed by atoms with van der Waals surface area (Å²) in [5, 5.41) is 14.5. The van der Waals surface area contributed by atoms with Gasteiger partial charge in [-0.3, -0.25) is 9.59 Å². The summed E-state index contributed by atoms with van der Waals surface area (Å²) < 4.78 is 3.55. The molecule has 2 fully saturated rings. The number of imidazole rings is 1. The van der Waals surface area contributed by atoms with Gasteiger partial charge in [0.15, 0.2) is 0 Å². The number of amides is 1. The van der Waals surface area contributed by atoms with Crippen molar-refractivity contribution in [1.29, 1.82) is 0 Å². The summed E-state index contributed by atoms with van der Waals surface area (Å²) in [5.74, 6) is -0.916. The van der Waals surface area contributed by atoms with Crippen molar-refractivity contribution in [1.82, 2.24) is 19.1 Å². The van der Waals surface area contributed by atoms with Gasteiger partial charge in [-0.15, -0.1) is 0 Å². The predicted molar refractivity (Wildman–Crippen MR) is 102 cm³/mol. The number of benzene rings is 1. The van der Waals surface area contributed by atoms with Crippen molar-refractivity contribution in [3.8, 4) is 0 Å². The Morgan fingerprint density at radius 2 is 2.00 bits per heavy atom. The fraction of sp³-hybridized carbons (Fsp3) is 0.381. The van der Waals surface area contributed by atoms with Crippen molar-refractivity contribution >= 4 is 17.5 Å². The van der Waals surface area contributed by atoms with Gasteiger partial charge in [0, 0.05) is 31.5 Å². The van der Waals surface area contributed by atoms with Crippen molar-refractivity contribution in [2.75, 3.05) is 0 Å². The molecule has 2 aromatic heterocycles. The maximum atomic E-state index is 13.5. The molecule has 2 bridgehead atoms. The van der Waals surface area contributed by atoms with Crippen LogP contribution in [-0.2, 0) is 18.3 Å². The van der Waals surface area contributed by atoms with Crippen LogP contribution in [0.15, 0.2) is 48.9 Å². The summed E-state index contributed by atoms with van der Waals surface area (Å²) in [5.41, 5.74) is 1.34. The molecule has 2 aliphatic heterocycles. The van der Waals surface area contributed by atoms with Crippen molar-refractivity contribution in [2.24, 2.45) is 12.5 Å². The Bertz CT molecular complexity index is 1070. The molecular weight excluding hydrogens is 356 g/mol. The number of nitrogens with zero attached hydrogens (tertiary/aromatic N) is 4. The minimum atomic E-state index is -0.930. The van der Waals surface area contributed by atoms with Crippen LogP contribution in [0.25, 0.3) is 5.65 Å². The van der Waals surface area contributed by atoms with Crippen LogP contribution in [0.1, 0.15) is 35.2 Å². The Labute approximate surface area is 162 Å². The summed E-state index contributed by atoms with van der Waals surface area (Å²) in [6, 6.07) is 9.39. The quantitative estimate of drug-likeness (QED) is 0.756. The largest absolute Gasteiger partial charge is 0.481 e. The van der Waals surface area contributed by atoms with E-state index in [0.29, 0.717) is 18.4 Å². The van der Waals surface area contributed by atoms with Gasteiger partial charge in [0.05, 0.1) is 11.6 Å². The maximum Gasteiger partial charge on any atom is 0.312 e. The molecule has 5 rings (SSSR count). The van der Waals surface area contributed by atoms with Gasteiger partial charge >= 0.3 is 5.97 Å². The van der Waals surface area contributed by atoms with E-state index in [1.165, 1.54) is 0 Å². The van der Waals surface area contributed by atoms with Crippen LogP contribution in [0.4, 0.5) is 0 Å². The van der Waals surface area contributed by atoms with Crippen molar-refractivity contribution in [3.05, 3.63) is 60.0 Å². The van der Waals surface area contributed by atoms with E-state index in [4.69, 9.17) is 0 Å². The first-order valence-electron chi connectivity index (χ1n) is 9.60. The zero-order valence-corrected chi connectivity index (χ0v) is 15.7. The molecule has 1 N–H and O–H groups in total. The summed E-state index contributed by atoms with van der Waals surface area (Å²) in [7, 11) is 1.88. The molecule has 1 aromatic carbocycles. The second kappa shape index (κ2) is 5.95. The van der Waals surface area contributed by atoms with E-state index in [-0.39, 0.29) is 18.0 Å². The lowest BCUT2D eigenvalue weighted by molar-refractivity contribution is -0.150. The SMILES string of the molecule is Cn1ccn2ncc(C(=O)N3[C@H]4CC[C@@H]3[C@](Cc3ccccc3)(C(=O)O)C4)c12. The third-order valence-electron chi connectivity index (χ3n) is 6.53. The number of aliphatic carboxylic acids is 1. The fourth-order valence-electron chi connectivity index (χ4n) is 5.29. The summed E-state index contributed by atoms with van der Waals surface area (Å²) in [6.45, 7) is 0. The molecule has 28 heavy (non-hydrogen) atoms. The van der Waals surface area contributed by atoms with Gasteiger partial charge in [-0.1, -0.05) is 30.3 Å². The third kappa shape index (κ3) is 2.25. The van der Waals surface area contributed by atoms with Crippen molar-refractivity contribution in [3.63, 3.8) is 0 Å². The average Bonchev–Trinajstić information content (AvgIpc) is 3.43. The molecule has 1 amide bonds. The molecule has 4 heterocycles. The standard InChI is InChI=1S/C21H22N4O3/c1-23-9-10-24-18(23)16(13-22-24)19(26)25-15-7-8-17(25)21(12-15,20(27)28)11-14-5-3-2-4-6-14/h2-6,9-10,13,15,17H,7-8,11-12H2,1H3,(H,27,28)/t15-,17+,21+/m0/s1. The highest BCUT2D eigenvalue weighted by Gasteiger charge is 2.61. The zero-order valence-electron chi connectivity index (χ0n) is 15.7. The number of hydrogen-bond donors (Lipinski definition) is 1. The Balaban J connectivity index is 1.53. The molecule has 7 heteroatoms. The predicted octanol–water partition coefficient (Wildman–Crippen LogP) is 2.36. The molecule has 0 spiro atoms. The number of carboxylic acids is 1. The number of rotatable bonds is 4. The second-order valence-corrected chi connectivity index (χ2v) is 8.02. The highest BCUT2D eigenvalue weighted by atomic mass is 16.4. The molecule has 7 nitrogen and oxygen atoms in total. The average molecular weight is 378 g/mol. The summed E-state index contributed by atoms with van der Waals surface area (Å²) in [6.07, 6.45) is 7.79. The third-order valence-corrected chi connectivity index (χ3v) is 6.53. The van der Waals surface area contributed by atoms with Gasteiger partial charge < -0.3 is 14.6 Å². The van der Waals surface area contributed by atoms with Crippen LogP contribution in [0.2, 0.25) is 0 Å². The van der Waals surface area contributed by atoms with Crippen molar-refractivity contribution < 1.29 is 14.7 Å². The molecule has 3 aromatic rings. The van der Waals surface area contributed by atoms with E-state index < -0.39 is 11.4 Å². The van der Waals surface area contributed by atoms with Crippen LogP contribution < -0.4 is 0 Å².